The van der Waals surface area contributed by atoms with Crippen LogP contribution in [0.25, 0.3) is 0 Å². The summed E-state index contributed by atoms with van der Waals surface area (Å²) >= 11 is 0. The summed E-state index contributed by atoms with van der Waals surface area (Å²) in [4.78, 5) is 0. The van der Waals surface area contributed by atoms with Crippen molar-refractivity contribution in [3.63, 3.8) is 0 Å². The molecule has 0 aromatic rings. The molecule has 0 N–H and O–H groups in total. The van der Waals surface area contributed by atoms with Crippen LogP contribution in [0.2, 0.25) is 0 Å². The number of rotatable bonds is 0. The van der Waals surface area contributed by atoms with E-state index in [0.29, 0.717) is 0 Å². The molecule has 0 aromatic heterocycles. The van der Waals surface area contributed by atoms with Crippen LogP contribution >= 0.6 is 0 Å². The molecule has 0 amide bonds. The molecule has 0 heterocycles. The van der Waals surface area contributed by atoms with Gasteiger partial charge in [0.1, 0.15) is 0 Å². The second kappa shape index (κ2) is 48.3. The summed E-state index contributed by atoms with van der Waals surface area (Å²) in [5.41, 5.74) is 0. The Morgan fingerprint density at radius 1 is 0.500 bits per heavy atom. The van der Waals surface area contributed by atoms with Crippen LogP contribution in [-0.4, -0.2) is 0 Å². The quantitative estimate of drug-likeness (QED) is 0.304. The molecule has 38 valence electrons. The number of halogens is 4. The summed E-state index contributed by atoms with van der Waals surface area (Å²) in [7, 11) is 0. The van der Waals surface area contributed by atoms with Crippen molar-refractivity contribution in [1.82, 2.24) is 0 Å². The molecule has 0 atom stereocenters. The predicted octanol–water partition coefficient (Wildman–Crippen LogP) is -15.0. The molecule has 0 saturated carbocycles. The standard InChI is InChI=1S/4FH.K.Tb/h4*1H;;/q;;;;+1;+3/p-4. The zero-order valence-electron chi connectivity index (χ0n) is 2.85. The normalized spacial score (nSPS) is 0. The molecular weight excluding hydrogens is 274 g/mol. The molecule has 0 aliphatic heterocycles. The van der Waals surface area contributed by atoms with E-state index in [1.54, 1.807) is 0 Å². The molecule has 6 heavy (non-hydrogen) atoms. The topological polar surface area (TPSA) is 0 Å². The van der Waals surface area contributed by atoms with Crippen molar-refractivity contribution >= 4 is 0 Å². The van der Waals surface area contributed by atoms with Crippen LogP contribution in [0.15, 0.2) is 0 Å². The summed E-state index contributed by atoms with van der Waals surface area (Å²) in [5.74, 6) is 0. The summed E-state index contributed by atoms with van der Waals surface area (Å²) < 4.78 is 0. The van der Waals surface area contributed by atoms with Gasteiger partial charge in [-0.3, -0.25) is 0 Å². The van der Waals surface area contributed by atoms with Gasteiger partial charge in [-0.05, 0) is 0 Å². The van der Waals surface area contributed by atoms with Gasteiger partial charge in [0.25, 0.3) is 0 Å². The Morgan fingerprint density at radius 2 is 0.500 bits per heavy atom. The van der Waals surface area contributed by atoms with E-state index in [1.807, 2.05) is 0 Å². The van der Waals surface area contributed by atoms with E-state index < -0.39 is 0 Å². The summed E-state index contributed by atoms with van der Waals surface area (Å²) in [6.07, 6.45) is 0. The van der Waals surface area contributed by atoms with Crippen LogP contribution in [0.1, 0.15) is 0 Å². The molecule has 0 radical (unpaired) electrons. The largest absolute Gasteiger partial charge is 3.00 e. The molecule has 0 aromatic carbocycles. The van der Waals surface area contributed by atoms with Crippen molar-refractivity contribution in [2.45, 2.75) is 0 Å². The third-order valence-corrected chi connectivity index (χ3v) is 0. The van der Waals surface area contributed by atoms with Gasteiger partial charge in [0.05, 0.1) is 0 Å². The van der Waals surface area contributed by atoms with Gasteiger partial charge in [-0.1, -0.05) is 0 Å². The van der Waals surface area contributed by atoms with Crippen molar-refractivity contribution in [1.29, 1.82) is 0 Å². The summed E-state index contributed by atoms with van der Waals surface area (Å²) in [6.45, 7) is 0. The van der Waals surface area contributed by atoms with Crippen LogP contribution in [0.3, 0.4) is 0 Å². The molecule has 0 rings (SSSR count). The molecule has 0 aliphatic carbocycles. The average Bonchev–Trinajstić information content (AvgIpc) is 0. The summed E-state index contributed by atoms with van der Waals surface area (Å²) in [6, 6.07) is 0. The fourth-order valence-corrected chi connectivity index (χ4v) is 0. The molecule has 0 spiro atoms. The van der Waals surface area contributed by atoms with Crippen molar-refractivity contribution in [2.75, 3.05) is 0 Å². The zero-order valence-corrected chi connectivity index (χ0v) is 8.11. The SMILES string of the molecule is [F-].[F-].[F-].[F-].[K+].[Tb+3]. The minimum atomic E-state index is 0. The Balaban J connectivity index is 0. The maximum absolute atomic E-state index is 0. The van der Waals surface area contributed by atoms with Crippen molar-refractivity contribution in [3.05, 3.63) is 0 Å². The van der Waals surface area contributed by atoms with Gasteiger partial charge in [-0.2, -0.15) is 0 Å². The fraction of sp³-hybridized carbons (Fsp3) is 0. The predicted molar refractivity (Wildman–Crippen MR) is 0 cm³/mol. The first-order valence-electron chi connectivity index (χ1n) is 0. The van der Waals surface area contributed by atoms with Crippen LogP contribution in [-0.2, 0) is 0 Å². The van der Waals surface area contributed by atoms with Gasteiger partial charge in [-0.25, -0.2) is 0 Å². The van der Waals surface area contributed by atoms with Gasteiger partial charge in [0.2, 0.25) is 0 Å². The Labute approximate surface area is 106 Å². The second-order valence-electron chi connectivity index (χ2n) is 0. The average molecular weight is 274 g/mol. The zero-order chi connectivity index (χ0) is 0. The Kier molecular flexibility index (Phi) is 582. The smallest absolute Gasteiger partial charge is 1.00 e. The Morgan fingerprint density at radius 3 is 0.500 bits per heavy atom. The van der Waals surface area contributed by atoms with Gasteiger partial charge in [-0.15, -0.1) is 0 Å². The molecule has 0 fully saturated rings. The maximum Gasteiger partial charge on any atom is 3.00 e. The van der Waals surface area contributed by atoms with Crippen molar-refractivity contribution < 1.29 is 109 Å². The first kappa shape index (κ1) is 72.3. The van der Waals surface area contributed by atoms with Gasteiger partial charge < -0.3 is 18.8 Å². The first-order chi connectivity index (χ1) is 0. The van der Waals surface area contributed by atoms with Gasteiger partial charge in [0, 0.05) is 0 Å². The Hall–Kier alpha value is 2.64. The molecule has 0 nitrogen and oxygen atoms in total. The van der Waals surface area contributed by atoms with Crippen molar-refractivity contribution in [2.24, 2.45) is 0 Å². The van der Waals surface area contributed by atoms with Crippen LogP contribution in [0.4, 0.5) is 0 Å². The molecule has 6 heteroatoms. The fourth-order valence-electron chi connectivity index (χ4n) is 0. The van der Waals surface area contributed by atoms with Crippen LogP contribution < -0.4 is 70.2 Å². The molecular formula is F4KTb. The van der Waals surface area contributed by atoms with E-state index in [1.165, 1.54) is 0 Å². The second-order valence-corrected chi connectivity index (χ2v) is 0. The first-order valence-corrected chi connectivity index (χ1v) is 0. The minimum Gasteiger partial charge on any atom is -1.00 e. The van der Waals surface area contributed by atoms with E-state index in [0.717, 1.165) is 0 Å². The molecule has 0 unspecified atom stereocenters. The van der Waals surface area contributed by atoms with Crippen molar-refractivity contribution in [3.8, 4) is 0 Å². The van der Waals surface area contributed by atoms with Gasteiger partial charge >= 0.3 is 90.0 Å². The number of hydrogen-bond acceptors (Lipinski definition) is 0. The van der Waals surface area contributed by atoms with Crippen LogP contribution in [0, 0.1) is 38.6 Å². The van der Waals surface area contributed by atoms with E-state index in [9.17, 15) is 0 Å². The Bertz CT molecular complexity index is 7.51. The number of hydrogen-bond donors (Lipinski definition) is 0. The van der Waals surface area contributed by atoms with Crippen LogP contribution in [0.5, 0.6) is 0 Å². The molecule has 0 bridgehead atoms. The van der Waals surface area contributed by atoms with E-state index in [-0.39, 0.29) is 109 Å². The maximum atomic E-state index is 0. The van der Waals surface area contributed by atoms with Gasteiger partial charge in [0.15, 0.2) is 0 Å². The van der Waals surface area contributed by atoms with E-state index >= 15 is 0 Å². The van der Waals surface area contributed by atoms with E-state index in [4.69, 9.17) is 0 Å². The van der Waals surface area contributed by atoms with E-state index in [2.05, 4.69) is 0 Å². The molecule has 0 saturated heterocycles. The third kappa shape index (κ3) is 30.3. The summed E-state index contributed by atoms with van der Waals surface area (Å²) in [5, 5.41) is 0. The minimum absolute atomic E-state index is 0. The third-order valence-electron chi connectivity index (χ3n) is 0. The molecule has 0 aliphatic rings. The monoisotopic (exact) mass is 274 g/mol.